The minimum Gasteiger partial charge on any atom is -0.434 e. The van der Waals surface area contributed by atoms with E-state index in [2.05, 4.69) is 9.72 Å². The Balaban J connectivity index is 1.95. The number of hydrogen-bond acceptors (Lipinski definition) is 5. The molecule has 2 aromatic carbocycles. The molecule has 0 radical (unpaired) electrons. The fourth-order valence-corrected chi connectivity index (χ4v) is 3.26. The molecule has 0 bridgehead atoms. The Kier molecular flexibility index (Phi) is 7.39. The molecule has 0 aliphatic heterocycles. The number of amides is 1. The van der Waals surface area contributed by atoms with Crippen molar-refractivity contribution in [3.8, 4) is 5.75 Å². The first-order valence-corrected chi connectivity index (χ1v) is 10.0. The second-order valence-electron chi connectivity index (χ2n) is 6.90. The van der Waals surface area contributed by atoms with Gasteiger partial charge in [-0.1, -0.05) is 48.5 Å². The summed E-state index contributed by atoms with van der Waals surface area (Å²) in [6.07, 6.45) is 2.41. The van der Waals surface area contributed by atoms with Crippen molar-refractivity contribution in [2.24, 2.45) is 0 Å². The number of H-pyrrole nitrogens is 1. The van der Waals surface area contributed by atoms with Gasteiger partial charge < -0.3 is 15.4 Å². The second kappa shape index (κ2) is 10.4. The van der Waals surface area contributed by atoms with Crippen molar-refractivity contribution in [1.29, 1.82) is 0 Å². The number of alkyl halides is 2. The number of likely N-dealkylation sites (N-methyl/N-ethyl adjacent to an activating group) is 1. The summed E-state index contributed by atoms with van der Waals surface area (Å²) >= 11 is 0. The molecule has 1 aromatic heterocycles. The summed E-state index contributed by atoms with van der Waals surface area (Å²) in [4.78, 5) is 41.1. The molecule has 3 N–H and O–H groups in total. The van der Waals surface area contributed by atoms with Crippen molar-refractivity contribution in [3.05, 3.63) is 92.6 Å². The fourth-order valence-electron chi connectivity index (χ4n) is 3.26. The molecule has 33 heavy (non-hydrogen) atoms. The number of benzene rings is 2. The molecule has 1 heterocycles. The summed E-state index contributed by atoms with van der Waals surface area (Å²) in [5.41, 5.74) is 5.48. The molecule has 0 aliphatic rings. The molecule has 0 spiro atoms. The van der Waals surface area contributed by atoms with Crippen LogP contribution in [0.5, 0.6) is 5.75 Å². The number of nitrogens with zero attached hydrogens (tertiary/aromatic N) is 2. The predicted molar refractivity (Wildman–Crippen MR) is 121 cm³/mol. The van der Waals surface area contributed by atoms with Gasteiger partial charge >= 0.3 is 12.3 Å². The summed E-state index contributed by atoms with van der Waals surface area (Å²) in [7, 11) is 0. The molecule has 10 heteroatoms. The number of aromatic amines is 1. The number of para-hydroxylation sites is 1. The van der Waals surface area contributed by atoms with Crippen molar-refractivity contribution >= 4 is 23.5 Å². The lowest BCUT2D eigenvalue weighted by molar-refractivity contribution is -0.114. The van der Waals surface area contributed by atoms with Crippen molar-refractivity contribution in [3.63, 3.8) is 0 Å². The van der Waals surface area contributed by atoms with Gasteiger partial charge in [-0.15, -0.1) is 0 Å². The van der Waals surface area contributed by atoms with Gasteiger partial charge in [0.05, 0.1) is 6.54 Å². The smallest absolute Gasteiger partial charge is 0.387 e. The monoisotopic (exact) mass is 456 g/mol. The Morgan fingerprint density at radius 2 is 1.82 bits per heavy atom. The van der Waals surface area contributed by atoms with Crippen LogP contribution in [-0.2, 0) is 11.3 Å². The first kappa shape index (κ1) is 23.5. The molecule has 0 saturated carbocycles. The number of hydrogen-bond donors (Lipinski definition) is 2. The lowest BCUT2D eigenvalue weighted by atomic mass is 10.2. The maximum Gasteiger partial charge on any atom is 0.387 e. The Morgan fingerprint density at radius 3 is 2.48 bits per heavy atom. The number of carbonyl (C=O) groups is 1. The lowest BCUT2D eigenvalue weighted by Crippen LogP contribution is -2.40. The van der Waals surface area contributed by atoms with Gasteiger partial charge in [0, 0.05) is 18.2 Å². The molecule has 1 amide bonds. The standard InChI is InChI=1S/C23H22F2N4O4/c1-2-28(18(30)13-12-16-10-6-7-11-17(16)33-22(24)25)19-20(26)29(23(32)27-21(19)31)14-15-8-4-3-5-9-15/h3-13,22H,2,14,26H2,1H3,(H,27,31,32)/b13-12+. The summed E-state index contributed by atoms with van der Waals surface area (Å²) in [5.74, 6) is -0.905. The first-order chi connectivity index (χ1) is 15.8. The van der Waals surface area contributed by atoms with Crippen molar-refractivity contribution in [1.82, 2.24) is 9.55 Å². The number of nitrogens with two attached hydrogens (primary N) is 1. The van der Waals surface area contributed by atoms with Gasteiger partial charge in [-0.2, -0.15) is 8.78 Å². The van der Waals surface area contributed by atoms with E-state index >= 15 is 0 Å². The van der Waals surface area contributed by atoms with E-state index in [1.54, 1.807) is 37.3 Å². The largest absolute Gasteiger partial charge is 0.434 e. The number of nitrogens with one attached hydrogen (secondary N) is 1. The Bertz CT molecular complexity index is 1270. The van der Waals surface area contributed by atoms with Crippen LogP contribution in [0.1, 0.15) is 18.1 Å². The van der Waals surface area contributed by atoms with Crippen LogP contribution in [0.2, 0.25) is 0 Å². The van der Waals surface area contributed by atoms with E-state index in [0.29, 0.717) is 0 Å². The van der Waals surface area contributed by atoms with E-state index < -0.39 is 23.8 Å². The molecule has 3 aromatic rings. The minimum atomic E-state index is -3.02. The van der Waals surface area contributed by atoms with E-state index in [0.717, 1.165) is 21.1 Å². The third kappa shape index (κ3) is 5.53. The minimum absolute atomic E-state index is 0.0647. The van der Waals surface area contributed by atoms with Crippen molar-refractivity contribution in [2.45, 2.75) is 20.1 Å². The highest BCUT2D eigenvalue weighted by Gasteiger charge is 2.22. The molecule has 0 unspecified atom stereocenters. The molecule has 0 fully saturated rings. The lowest BCUT2D eigenvalue weighted by Gasteiger charge is -2.22. The third-order valence-electron chi connectivity index (χ3n) is 4.79. The van der Waals surface area contributed by atoms with Crippen LogP contribution in [-0.4, -0.2) is 28.6 Å². The van der Waals surface area contributed by atoms with Crippen molar-refractivity contribution in [2.75, 3.05) is 17.2 Å². The Hall–Kier alpha value is -4.21. The van der Waals surface area contributed by atoms with Gasteiger partial charge in [-0.3, -0.25) is 19.1 Å². The van der Waals surface area contributed by atoms with E-state index in [1.807, 2.05) is 6.07 Å². The number of rotatable bonds is 8. The van der Waals surface area contributed by atoms with Crippen LogP contribution in [0.15, 0.2) is 70.3 Å². The van der Waals surface area contributed by atoms with Crippen LogP contribution in [0.25, 0.3) is 6.08 Å². The Labute approximate surface area is 187 Å². The van der Waals surface area contributed by atoms with Gasteiger partial charge in [-0.25, -0.2) is 4.79 Å². The summed E-state index contributed by atoms with van der Waals surface area (Å²) in [5, 5.41) is 0. The van der Waals surface area contributed by atoms with Gasteiger partial charge in [0.25, 0.3) is 11.5 Å². The summed E-state index contributed by atoms with van der Waals surface area (Å²) < 4.78 is 30.8. The van der Waals surface area contributed by atoms with Gasteiger partial charge in [0.15, 0.2) is 5.69 Å². The van der Waals surface area contributed by atoms with Gasteiger partial charge in [0.2, 0.25) is 0 Å². The van der Waals surface area contributed by atoms with Crippen LogP contribution in [0, 0.1) is 0 Å². The number of nitrogen functional groups attached to an aromatic ring is 1. The fraction of sp³-hybridized carbons (Fsp3) is 0.174. The molecule has 172 valence electrons. The average molecular weight is 456 g/mol. The number of halogens is 2. The number of carbonyl (C=O) groups excluding carboxylic acids is 1. The highest BCUT2D eigenvalue weighted by Crippen LogP contribution is 2.22. The van der Waals surface area contributed by atoms with Crippen LogP contribution >= 0.6 is 0 Å². The zero-order chi connectivity index (χ0) is 24.0. The number of ether oxygens (including phenoxy) is 1. The van der Waals surface area contributed by atoms with E-state index in [4.69, 9.17) is 5.73 Å². The highest BCUT2D eigenvalue weighted by molar-refractivity contribution is 6.05. The third-order valence-corrected chi connectivity index (χ3v) is 4.79. The van der Waals surface area contributed by atoms with Crippen molar-refractivity contribution < 1.29 is 18.3 Å². The normalized spacial score (nSPS) is 11.2. The molecule has 0 saturated heterocycles. The second-order valence-corrected chi connectivity index (χ2v) is 6.90. The quantitative estimate of drug-likeness (QED) is 0.507. The number of anilines is 2. The van der Waals surface area contributed by atoms with E-state index in [1.165, 1.54) is 24.3 Å². The molecule has 0 aliphatic carbocycles. The summed E-state index contributed by atoms with van der Waals surface area (Å²) in [6, 6.07) is 15.0. The van der Waals surface area contributed by atoms with E-state index in [9.17, 15) is 23.2 Å². The highest BCUT2D eigenvalue weighted by atomic mass is 19.3. The van der Waals surface area contributed by atoms with Gasteiger partial charge in [-0.05, 0) is 24.6 Å². The van der Waals surface area contributed by atoms with E-state index in [-0.39, 0.29) is 35.9 Å². The zero-order valence-electron chi connectivity index (χ0n) is 17.7. The SMILES string of the molecule is CCN(C(=O)/C=C/c1ccccc1OC(F)F)c1c(N)n(Cc2ccccc2)c(=O)[nH]c1=O. The van der Waals surface area contributed by atoms with Crippen LogP contribution in [0.3, 0.4) is 0 Å². The molecule has 0 atom stereocenters. The molecule has 3 rings (SSSR count). The van der Waals surface area contributed by atoms with Gasteiger partial charge in [0.1, 0.15) is 11.6 Å². The number of aromatic nitrogens is 2. The average Bonchev–Trinajstić information content (AvgIpc) is 2.79. The summed E-state index contributed by atoms with van der Waals surface area (Å²) in [6.45, 7) is -1.23. The zero-order valence-corrected chi connectivity index (χ0v) is 17.7. The molecular weight excluding hydrogens is 434 g/mol. The Morgan fingerprint density at radius 1 is 1.15 bits per heavy atom. The van der Waals surface area contributed by atoms with Crippen LogP contribution in [0.4, 0.5) is 20.3 Å². The topological polar surface area (TPSA) is 110 Å². The van der Waals surface area contributed by atoms with Crippen LogP contribution < -0.4 is 26.6 Å². The first-order valence-electron chi connectivity index (χ1n) is 10.0. The maximum absolute atomic E-state index is 12.9. The maximum atomic E-state index is 12.9. The molecular formula is C23H22F2N4O4. The predicted octanol–water partition coefficient (Wildman–Crippen LogP) is 2.83. The molecule has 8 nitrogen and oxygen atoms in total.